The van der Waals surface area contributed by atoms with Crippen LogP contribution in [0.1, 0.15) is 11.1 Å². The average Bonchev–Trinajstić information content (AvgIpc) is 2.36. The first-order valence-electron chi connectivity index (χ1n) is 5.70. The van der Waals surface area contributed by atoms with Crippen LogP contribution in [-0.2, 0) is 12.8 Å². The molecule has 2 N–H and O–H groups in total. The largest absolute Gasteiger partial charge is 0.487 e. The minimum Gasteiger partial charge on any atom is -0.487 e. The first-order valence-corrected chi connectivity index (χ1v) is 5.70. The normalized spacial score (nSPS) is 11.4. The zero-order chi connectivity index (χ0) is 14.8. The molecule has 0 aliphatic heterocycles. The van der Waals surface area contributed by atoms with Gasteiger partial charge in [-0.05, 0) is 35.9 Å². The maximum absolute atomic E-state index is 13.0. The third-order valence-electron chi connectivity index (χ3n) is 2.62. The number of hydrogen-bond acceptors (Lipinski definition) is 2. The van der Waals surface area contributed by atoms with Crippen LogP contribution in [-0.4, -0.2) is 0 Å². The highest BCUT2D eigenvalue weighted by Crippen LogP contribution is 2.33. The van der Waals surface area contributed by atoms with E-state index < -0.39 is 17.6 Å². The lowest BCUT2D eigenvalue weighted by Gasteiger charge is -2.12. The van der Waals surface area contributed by atoms with Gasteiger partial charge in [0.2, 0.25) is 0 Å². The van der Waals surface area contributed by atoms with Crippen LogP contribution in [0.25, 0.3) is 0 Å². The molecule has 0 saturated carbocycles. The molecule has 20 heavy (non-hydrogen) atoms. The van der Waals surface area contributed by atoms with Crippen LogP contribution in [0.4, 0.5) is 23.2 Å². The number of rotatable bonds is 3. The van der Waals surface area contributed by atoms with Crippen molar-refractivity contribution < 1.29 is 22.3 Å². The fourth-order valence-electron chi connectivity index (χ4n) is 1.64. The highest BCUT2D eigenvalue weighted by molar-refractivity contribution is 5.54. The Labute approximate surface area is 112 Å². The van der Waals surface area contributed by atoms with Gasteiger partial charge in [0.05, 0.1) is 11.3 Å². The zero-order valence-corrected chi connectivity index (χ0v) is 10.2. The van der Waals surface area contributed by atoms with E-state index in [9.17, 15) is 17.6 Å². The van der Waals surface area contributed by atoms with Gasteiger partial charge in [0.15, 0.2) is 0 Å². The summed E-state index contributed by atoms with van der Waals surface area (Å²) in [6.07, 6.45) is -4.45. The maximum atomic E-state index is 13.0. The predicted molar refractivity (Wildman–Crippen MR) is 66.6 cm³/mol. The van der Waals surface area contributed by atoms with E-state index in [0.717, 1.165) is 18.2 Å². The van der Waals surface area contributed by atoms with Gasteiger partial charge in [0, 0.05) is 0 Å². The molecule has 2 aromatic carbocycles. The third kappa shape index (κ3) is 3.40. The van der Waals surface area contributed by atoms with E-state index in [1.165, 1.54) is 18.2 Å². The lowest BCUT2D eigenvalue weighted by atomic mass is 10.2. The Morgan fingerprint density at radius 1 is 1.05 bits per heavy atom. The number of nitrogens with two attached hydrogens (primary N) is 1. The standard InChI is InChI=1S/C14H11F4NO/c15-11-3-1-2-9(6-11)8-20-13-5-4-10(7-12(13)19)14(16,17)18/h1-7H,8,19H2. The fraction of sp³-hybridized carbons (Fsp3) is 0.143. The number of ether oxygens (including phenoxy) is 1. The van der Waals surface area contributed by atoms with Gasteiger partial charge in [-0.25, -0.2) is 4.39 Å². The lowest BCUT2D eigenvalue weighted by molar-refractivity contribution is -0.137. The lowest BCUT2D eigenvalue weighted by Crippen LogP contribution is -2.06. The Balaban J connectivity index is 2.11. The van der Waals surface area contributed by atoms with Crippen molar-refractivity contribution in [1.82, 2.24) is 0 Å². The molecule has 0 spiro atoms. The molecule has 0 atom stereocenters. The van der Waals surface area contributed by atoms with Gasteiger partial charge in [-0.3, -0.25) is 0 Å². The van der Waals surface area contributed by atoms with Gasteiger partial charge in [-0.15, -0.1) is 0 Å². The van der Waals surface area contributed by atoms with Crippen molar-refractivity contribution in [3.05, 3.63) is 59.4 Å². The highest BCUT2D eigenvalue weighted by atomic mass is 19.4. The van der Waals surface area contributed by atoms with Crippen LogP contribution in [0.5, 0.6) is 5.75 Å². The molecule has 0 heterocycles. The minimum atomic E-state index is -4.45. The maximum Gasteiger partial charge on any atom is 0.416 e. The van der Waals surface area contributed by atoms with Gasteiger partial charge in [-0.2, -0.15) is 13.2 Å². The highest BCUT2D eigenvalue weighted by Gasteiger charge is 2.30. The second-order valence-corrected chi connectivity index (χ2v) is 4.17. The third-order valence-corrected chi connectivity index (χ3v) is 2.62. The van der Waals surface area contributed by atoms with Gasteiger partial charge in [0.1, 0.15) is 18.2 Å². The summed E-state index contributed by atoms with van der Waals surface area (Å²) in [6, 6.07) is 8.57. The average molecular weight is 285 g/mol. The molecule has 0 aliphatic carbocycles. The van der Waals surface area contributed by atoms with Crippen LogP contribution in [0.3, 0.4) is 0 Å². The van der Waals surface area contributed by atoms with Crippen molar-refractivity contribution in [2.45, 2.75) is 12.8 Å². The van der Waals surface area contributed by atoms with Crippen LogP contribution in [0.15, 0.2) is 42.5 Å². The Hall–Kier alpha value is -2.24. The van der Waals surface area contributed by atoms with Crippen LogP contribution in [0, 0.1) is 5.82 Å². The molecule has 2 rings (SSSR count). The molecular weight excluding hydrogens is 274 g/mol. The summed E-state index contributed by atoms with van der Waals surface area (Å²) in [6.45, 7) is 0.0212. The molecule has 0 bridgehead atoms. The second kappa shape index (κ2) is 5.40. The van der Waals surface area contributed by atoms with E-state index in [2.05, 4.69) is 0 Å². The molecule has 2 aromatic rings. The summed E-state index contributed by atoms with van der Waals surface area (Å²) in [4.78, 5) is 0. The van der Waals surface area contributed by atoms with Crippen molar-refractivity contribution in [2.75, 3.05) is 5.73 Å². The first kappa shape index (κ1) is 14.2. The van der Waals surface area contributed by atoms with Crippen molar-refractivity contribution in [1.29, 1.82) is 0 Å². The molecular formula is C14H11F4NO. The quantitative estimate of drug-likeness (QED) is 0.683. The van der Waals surface area contributed by atoms with E-state index >= 15 is 0 Å². The molecule has 2 nitrogen and oxygen atoms in total. The van der Waals surface area contributed by atoms with Gasteiger partial charge >= 0.3 is 6.18 Å². The molecule has 0 aromatic heterocycles. The summed E-state index contributed by atoms with van der Waals surface area (Å²) in [5.74, 6) is -0.284. The van der Waals surface area contributed by atoms with Crippen molar-refractivity contribution in [3.63, 3.8) is 0 Å². The summed E-state index contributed by atoms with van der Waals surface area (Å²) in [5, 5.41) is 0. The van der Waals surface area contributed by atoms with E-state index in [4.69, 9.17) is 10.5 Å². The number of halogens is 4. The van der Waals surface area contributed by atoms with E-state index in [1.54, 1.807) is 6.07 Å². The number of anilines is 1. The van der Waals surface area contributed by atoms with Gasteiger partial charge < -0.3 is 10.5 Å². The molecule has 0 amide bonds. The van der Waals surface area contributed by atoms with Crippen LogP contribution >= 0.6 is 0 Å². The Morgan fingerprint density at radius 2 is 1.80 bits per heavy atom. The molecule has 106 valence electrons. The Bertz CT molecular complexity index is 610. The van der Waals surface area contributed by atoms with Crippen molar-refractivity contribution in [2.24, 2.45) is 0 Å². The zero-order valence-electron chi connectivity index (χ0n) is 10.2. The number of hydrogen-bond donors (Lipinski definition) is 1. The monoisotopic (exact) mass is 285 g/mol. The van der Waals surface area contributed by atoms with Crippen molar-refractivity contribution in [3.8, 4) is 5.75 Å². The van der Waals surface area contributed by atoms with Gasteiger partial charge in [-0.1, -0.05) is 12.1 Å². The fourth-order valence-corrected chi connectivity index (χ4v) is 1.64. The minimum absolute atomic E-state index is 0.0212. The summed E-state index contributed by atoms with van der Waals surface area (Å²) in [7, 11) is 0. The molecule has 0 saturated heterocycles. The number of alkyl halides is 3. The van der Waals surface area contributed by atoms with Gasteiger partial charge in [0.25, 0.3) is 0 Å². The molecule has 0 unspecified atom stereocenters. The molecule has 6 heteroatoms. The molecule has 0 aliphatic rings. The topological polar surface area (TPSA) is 35.2 Å². The van der Waals surface area contributed by atoms with E-state index in [0.29, 0.717) is 5.56 Å². The first-order chi connectivity index (χ1) is 9.36. The predicted octanol–water partition coefficient (Wildman–Crippen LogP) is 4.01. The summed E-state index contributed by atoms with van der Waals surface area (Å²) >= 11 is 0. The second-order valence-electron chi connectivity index (χ2n) is 4.17. The SMILES string of the molecule is Nc1cc(C(F)(F)F)ccc1OCc1cccc(F)c1. The Kier molecular flexibility index (Phi) is 3.83. The number of benzene rings is 2. The van der Waals surface area contributed by atoms with Crippen molar-refractivity contribution >= 4 is 5.69 Å². The van der Waals surface area contributed by atoms with E-state index in [-0.39, 0.29) is 18.0 Å². The molecule has 0 radical (unpaired) electrons. The molecule has 0 fully saturated rings. The number of nitrogen functional groups attached to an aromatic ring is 1. The smallest absolute Gasteiger partial charge is 0.416 e. The van der Waals surface area contributed by atoms with Crippen LogP contribution < -0.4 is 10.5 Å². The summed E-state index contributed by atoms with van der Waals surface area (Å²) in [5.41, 5.74) is 5.12. The van der Waals surface area contributed by atoms with Crippen LogP contribution in [0.2, 0.25) is 0 Å². The van der Waals surface area contributed by atoms with E-state index in [1.807, 2.05) is 0 Å². The summed E-state index contributed by atoms with van der Waals surface area (Å²) < 4.78 is 55.6. The Morgan fingerprint density at radius 3 is 2.40 bits per heavy atom.